The molecule has 2 radical (unpaired) electrons. The molecule has 0 spiro atoms. The van der Waals surface area contributed by atoms with E-state index in [1.165, 1.54) is 12.1 Å². The van der Waals surface area contributed by atoms with Crippen molar-refractivity contribution >= 4 is 34.2 Å². The quantitative estimate of drug-likeness (QED) is 0.838. The lowest BCUT2D eigenvalue weighted by Crippen LogP contribution is -2.30. The van der Waals surface area contributed by atoms with Gasteiger partial charge in [0.1, 0.15) is 18.5 Å². The molecule has 0 saturated carbocycles. The molecule has 1 aromatic carbocycles. The maximum Gasteiger partial charge on any atom is 0.417 e. The van der Waals surface area contributed by atoms with Crippen LogP contribution in [0.5, 0.6) is 5.75 Å². The number of hydrogen-bond donors (Lipinski definition) is 1. The highest BCUT2D eigenvalue weighted by Gasteiger charge is 2.34. The van der Waals surface area contributed by atoms with E-state index in [2.05, 4.69) is 4.30 Å². The zero-order chi connectivity index (χ0) is 16.0. The van der Waals surface area contributed by atoms with Gasteiger partial charge < -0.3 is 13.8 Å². The van der Waals surface area contributed by atoms with Crippen molar-refractivity contribution in [1.82, 2.24) is 4.30 Å². The Kier molecular flexibility index (Phi) is 6.65. The van der Waals surface area contributed by atoms with E-state index in [1.807, 2.05) is 16.5 Å². The Morgan fingerprint density at radius 3 is 2.67 bits per heavy atom. The number of hydrogen-bond acceptors (Lipinski definition) is 3. The van der Waals surface area contributed by atoms with Crippen molar-refractivity contribution in [2.24, 2.45) is 0 Å². The fourth-order valence-corrected chi connectivity index (χ4v) is 1.80. The number of carbonyl (C=O) groups is 1. The Bertz CT molecular complexity index is 499. The molecule has 1 aromatic rings. The molecule has 0 bridgehead atoms. The van der Waals surface area contributed by atoms with E-state index in [0.717, 1.165) is 6.07 Å². The van der Waals surface area contributed by atoms with Gasteiger partial charge in [0, 0.05) is 0 Å². The number of rotatable bonds is 5. The van der Waals surface area contributed by atoms with Crippen LogP contribution in [0.25, 0.3) is 0 Å². The first-order valence-electron chi connectivity index (χ1n) is 5.95. The Balaban J connectivity index is 2.77. The Labute approximate surface area is 133 Å². The van der Waals surface area contributed by atoms with Crippen LogP contribution in [0, 0.1) is 0 Å². The average Bonchev–Trinajstić information content (AvgIpc) is 2.43. The minimum atomic E-state index is -4.56. The molecule has 0 aromatic heterocycles. The summed E-state index contributed by atoms with van der Waals surface area (Å²) in [6, 6.07) is 3.38. The van der Waals surface area contributed by atoms with Crippen molar-refractivity contribution < 1.29 is 27.4 Å². The summed E-state index contributed by atoms with van der Waals surface area (Å²) in [5.74, 6) is -0.111. The molecule has 9 heteroatoms. The zero-order valence-corrected chi connectivity index (χ0v) is 12.9. The number of nitrogens with one attached hydrogen (secondary N) is 1. The molecule has 4 nitrogen and oxygen atoms in total. The van der Waals surface area contributed by atoms with Gasteiger partial charge in [0.25, 0.3) is 0 Å². The Morgan fingerprint density at radius 1 is 1.48 bits per heavy atom. The van der Waals surface area contributed by atoms with Crippen molar-refractivity contribution in [2.75, 3.05) is 6.61 Å². The van der Waals surface area contributed by atoms with E-state index >= 15 is 0 Å². The molecule has 0 aliphatic heterocycles. The van der Waals surface area contributed by atoms with E-state index in [1.54, 1.807) is 6.92 Å². The van der Waals surface area contributed by atoms with E-state index < -0.39 is 29.0 Å². The Hall–Kier alpha value is -1.10. The van der Waals surface area contributed by atoms with Gasteiger partial charge >= 0.3 is 28.8 Å². The van der Waals surface area contributed by atoms with Gasteiger partial charge in [0.2, 0.25) is 0 Å². The van der Waals surface area contributed by atoms with E-state index in [-0.39, 0.29) is 12.4 Å². The van der Waals surface area contributed by atoms with Crippen LogP contribution in [0.15, 0.2) is 18.2 Å². The van der Waals surface area contributed by atoms with Crippen LogP contribution in [0.2, 0.25) is 5.02 Å². The molecule has 1 N–H and O–H groups in total. The van der Waals surface area contributed by atoms with Gasteiger partial charge in [-0.15, -0.1) is 0 Å². The van der Waals surface area contributed by atoms with Crippen molar-refractivity contribution in [3.05, 3.63) is 28.8 Å². The second kappa shape index (κ2) is 7.78. The fraction of sp³-hybridized carbons (Fsp3) is 0.417. The van der Waals surface area contributed by atoms with Crippen LogP contribution in [0.4, 0.5) is 18.0 Å². The summed E-state index contributed by atoms with van der Waals surface area (Å²) in [4.78, 5) is 11.1. The first kappa shape index (κ1) is 18.0. The van der Waals surface area contributed by atoms with Crippen LogP contribution in [0.1, 0.15) is 18.9 Å². The molecule has 1 rings (SSSR count). The fourth-order valence-electron chi connectivity index (χ4n) is 1.44. The minimum absolute atomic E-state index is 0.102. The van der Waals surface area contributed by atoms with Crippen molar-refractivity contribution in [2.45, 2.75) is 25.6 Å². The molecule has 1 unspecified atom stereocenters. The number of ether oxygens (including phenoxy) is 2. The van der Waals surface area contributed by atoms with Gasteiger partial charge in [0.05, 0.1) is 10.6 Å². The molecule has 0 aliphatic carbocycles. The molecule has 1 amide bonds. The highest BCUT2D eigenvalue weighted by molar-refractivity contribution is 6.32. The van der Waals surface area contributed by atoms with Crippen LogP contribution in [-0.4, -0.2) is 35.3 Å². The third-order valence-electron chi connectivity index (χ3n) is 2.54. The molecule has 0 aliphatic rings. The molecule has 21 heavy (non-hydrogen) atoms. The number of benzene rings is 1. The number of alkyl halides is 3. The molecule has 0 heterocycles. The van der Waals surface area contributed by atoms with Crippen LogP contribution in [0.3, 0.4) is 0 Å². The summed E-state index contributed by atoms with van der Waals surface area (Å²) in [5, 5.41) is -0.518. The topological polar surface area (TPSA) is 47.6 Å². The third kappa shape index (κ3) is 5.31. The second-order valence-corrected chi connectivity index (χ2v) is 4.67. The first-order valence-corrected chi connectivity index (χ1v) is 6.90. The monoisotopic (exact) mass is 337 g/mol. The Morgan fingerprint density at radius 2 is 2.14 bits per heavy atom. The van der Waals surface area contributed by atoms with Crippen LogP contribution < -0.4 is 9.04 Å². The smallest absolute Gasteiger partial charge is 0.417 e. The van der Waals surface area contributed by atoms with Crippen LogP contribution in [-0.2, 0) is 10.9 Å². The first-order chi connectivity index (χ1) is 9.79. The maximum atomic E-state index is 12.7. The molecular weight excluding hydrogens is 326 g/mol. The average molecular weight is 338 g/mol. The third-order valence-corrected chi connectivity index (χ3v) is 3.17. The molecule has 1 atom stereocenters. The summed E-state index contributed by atoms with van der Waals surface area (Å²) < 4.78 is 50.4. The van der Waals surface area contributed by atoms with Crippen LogP contribution >= 0.6 is 11.6 Å². The van der Waals surface area contributed by atoms with Gasteiger partial charge in [-0.25, -0.2) is 4.79 Å². The second-order valence-electron chi connectivity index (χ2n) is 4.01. The van der Waals surface area contributed by atoms with Gasteiger partial charge in [-0.3, -0.25) is 0 Å². The lowest BCUT2D eigenvalue weighted by atomic mass is 10.2. The lowest BCUT2D eigenvalue weighted by Gasteiger charge is -2.18. The van der Waals surface area contributed by atoms with E-state index in [4.69, 9.17) is 21.1 Å². The molecule has 0 fully saturated rings. The SMILES string of the molecule is CCC(COc1cccc(C(F)(F)F)c1Cl)OC(=O)[NH][Al]. The van der Waals surface area contributed by atoms with Gasteiger partial charge in [-0.2, -0.15) is 13.2 Å². The minimum Gasteiger partial charge on any atom is -0.488 e. The van der Waals surface area contributed by atoms with Crippen molar-refractivity contribution in [3.8, 4) is 5.75 Å². The summed E-state index contributed by atoms with van der Waals surface area (Å²) >= 11 is 7.66. The highest BCUT2D eigenvalue weighted by atomic mass is 35.5. The van der Waals surface area contributed by atoms with Gasteiger partial charge in [0.15, 0.2) is 0 Å². The standard InChI is InChI=1S/C12H13ClF3NO3.Al/c1-2-7(20-11(17)18)6-19-9-5-3-4-8(10(9)13)12(14,15)16;/h3-5,7H,2,6H2,1H3,(H2,17,18);/q;+1/p-1. The molecule has 114 valence electrons. The summed E-state index contributed by atoms with van der Waals surface area (Å²) in [5.41, 5.74) is -0.974. The highest BCUT2D eigenvalue weighted by Crippen LogP contribution is 2.39. The summed E-state index contributed by atoms with van der Waals surface area (Å²) in [6.45, 7) is 1.65. The van der Waals surface area contributed by atoms with E-state index in [0.29, 0.717) is 6.42 Å². The molecule has 0 saturated heterocycles. The van der Waals surface area contributed by atoms with Crippen molar-refractivity contribution in [3.63, 3.8) is 0 Å². The predicted molar refractivity (Wildman–Crippen MR) is 71.4 cm³/mol. The van der Waals surface area contributed by atoms with E-state index in [9.17, 15) is 18.0 Å². The summed E-state index contributed by atoms with van der Waals surface area (Å²) in [7, 11) is 0. The zero-order valence-electron chi connectivity index (χ0n) is 11.0. The number of carbonyl (C=O) groups excluding carboxylic acids is 1. The lowest BCUT2D eigenvalue weighted by molar-refractivity contribution is -0.137. The largest absolute Gasteiger partial charge is 0.488 e. The summed E-state index contributed by atoms with van der Waals surface area (Å²) in [6.07, 6.45) is -5.40. The van der Waals surface area contributed by atoms with Gasteiger partial charge in [-0.1, -0.05) is 24.6 Å². The molecular formula is C12H12AlClF3NO3. The number of halogens is 4. The number of amides is 1. The predicted octanol–water partition coefficient (Wildman–Crippen LogP) is 3.33. The maximum absolute atomic E-state index is 12.7. The van der Waals surface area contributed by atoms with Gasteiger partial charge in [-0.05, 0) is 18.6 Å². The van der Waals surface area contributed by atoms with Crippen molar-refractivity contribution in [1.29, 1.82) is 0 Å². The normalized spacial score (nSPS) is 12.6.